The fourth-order valence-corrected chi connectivity index (χ4v) is 3.46. The number of thiophene rings is 1. The quantitative estimate of drug-likeness (QED) is 0.449. The molecule has 0 N–H and O–H groups in total. The highest BCUT2D eigenvalue weighted by atomic mass is 32.1. The van der Waals surface area contributed by atoms with Gasteiger partial charge < -0.3 is 9.47 Å². The number of hydrogen-bond donors (Lipinski definition) is 0. The third-order valence-corrected chi connectivity index (χ3v) is 5.11. The van der Waals surface area contributed by atoms with Crippen LogP contribution in [0.2, 0.25) is 0 Å². The lowest BCUT2D eigenvalue weighted by molar-refractivity contribution is -0.143. The molecular formula is C21H19F3N2O3S. The lowest BCUT2D eigenvalue weighted by Gasteiger charge is -2.07. The highest BCUT2D eigenvalue weighted by Crippen LogP contribution is 2.31. The zero-order chi connectivity index (χ0) is 21.6. The van der Waals surface area contributed by atoms with Crippen molar-refractivity contribution in [3.63, 3.8) is 0 Å². The van der Waals surface area contributed by atoms with Crippen molar-refractivity contribution < 1.29 is 27.4 Å². The van der Waals surface area contributed by atoms with Gasteiger partial charge >= 0.3 is 12.1 Å². The van der Waals surface area contributed by atoms with Gasteiger partial charge in [0.25, 0.3) is 0 Å². The van der Waals surface area contributed by atoms with Crippen LogP contribution in [0.25, 0.3) is 10.7 Å². The molecule has 5 nitrogen and oxygen atoms in total. The summed E-state index contributed by atoms with van der Waals surface area (Å²) in [5.41, 5.74) is 0.0252. The maximum atomic E-state index is 12.8. The van der Waals surface area contributed by atoms with Crippen molar-refractivity contribution in [3.05, 3.63) is 64.8 Å². The molecule has 0 saturated carbocycles. The van der Waals surface area contributed by atoms with Crippen molar-refractivity contribution in [2.24, 2.45) is 0 Å². The molecule has 30 heavy (non-hydrogen) atoms. The van der Waals surface area contributed by atoms with E-state index >= 15 is 0 Å². The number of aryl methyl sites for hydroxylation is 1. The molecule has 0 aliphatic carbocycles. The number of carbonyl (C=O) groups is 1. The van der Waals surface area contributed by atoms with Gasteiger partial charge in [0.1, 0.15) is 18.1 Å². The van der Waals surface area contributed by atoms with E-state index in [2.05, 4.69) is 9.97 Å². The van der Waals surface area contributed by atoms with E-state index in [0.717, 1.165) is 22.7 Å². The highest BCUT2D eigenvalue weighted by Gasteiger charge is 2.32. The number of rotatable bonds is 8. The molecule has 0 bridgehead atoms. The second-order valence-electron chi connectivity index (χ2n) is 6.27. The normalized spacial score (nSPS) is 11.3. The lowest BCUT2D eigenvalue weighted by atomic mass is 10.1. The van der Waals surface area contributed by atoms with Crippen LogP contribution in [0, 0.1) is 0 Å². The Balaban J connectivity index is 1.56. The van der Waals surface area contributed by atoms with Crippen LogP contribution in [0.4, 0.5) is 13.2 Å². The van der Waals surface area contributed by atoms with E-state index in [0.29, 0.717) is 30.1 Å². The number of alkyl halides is 3. The Bertz CT molecular complexity index is 988. The van der Waals surface area contributed by atoms with Crippen LogP contribution >= 0.6 is 11.3 Å². The Morgan fingerprint density at radius 1 is 1.10 bits per heavy atom. The Hall–Kier alpha value is -2.94. The number of ether oxygens (including phenoxy) is 2. The number of hydrogen-bond acceptors (Lipinski definition) is 6. The molecule has 0 fully saturated rings. The Kier molecular flexibility index (Phi) is 7.04. The average molecular weight is 436 g/mol. The predicted molar refractivity (Wildman–Crippen MR) is 106 cm³/mol. The molecule has 3 rings (SSSR count). The van der Waals surface area contributed by atoms with E-state index in [1.807, 2.05) is 24.3 Å². The van der Waals surface area contributed by atoms with Gasteiger partial charge in [-0.2, -0.15) is 13.2 Å². The monoisotopic (exact) mass is 436 g/mol. The van der Waals surface area contributed by atoms with Gasteiger partial charge in [0.05, 0.1) is 11.5 Å². The second kappa shape index (κ2) is 9.71. The predicted octanol–water partition coefficient (Wildman–Crippen LogP) is 5.30. The molecule has 1 aromatic carbocycles. The largest absolute Gasteiger partial charge is 0.488 e. The minimum atomic E-state index is -4.51. The van der Waals surface area contributed by atoms with Gasteiger partial charge in [0.2, 0.25) is 0 Å². The van der Waals surface area contributed by atoms with Gasteiger partial charge in [-0.25, -0.2) is 9.97 Å². The summed E-state index contributed by atoms with van der Waals surface area (Å²) in [6, 6.07) is 11.7. The summed E-state index contributed by atoms with van der Waals surface area (Å²) in [6.45, 7) is 2.41. The summed E-state index contributed by atoms with van der Waals surface area (Å²) >= 11 is 1.27. The molecule has 0 atom stereocenters. The van der Waals surface area contributed by atoms with Crippen molar-refractivity contribution >= 4 is 17.3 Å². The fraction of sp³-hybridized carbons (Fsp3) is 0.286. The van der Waals surface area contributed by atoms with Crippen molar-refractivity contribution in [2.45, 2.75) is 32.5 Å². The third kappa shape index (κ3) is 6.03. The standard InChI is InChI=1S/C21H19F3N2O3S/c1-2-28-19(27)10-5-14-3-6-15(7-4-14)29-13-16-8-9-17(30-16)20-25-12-11-18(26-20)21(22,23)24/h3-4,6-9,11-12H,2,5,10,13H2,1H3. The topological polar surface area (TPSA) is 61.3 Å². The molecule has 0 spiro atoms. The molecular weight excluding hydrogens is 417 g/mol. The van der Waals surface area contributed by atoms with Gasteiger partial charge in [0.15, 0.2) is 5.82 Å². The van der Waals surface area contributed by atoms with Gasteiger partial charge in [-0.15, -0.1) is 11.3 Å². The lowest BCUT2D eigenvalue weighted by Crippen LogP contribution is -2.08. The molecule has 2 heterocycles. The van der Waals surface area contributed by atoms with Crippen LogP contribution in [0.5, 0.6) is 5.75 Å². The number of halogens is 3. The molecule has 0 radical (unpaired) electrons. The first-order valence-electron chi connectivity index (χ1n) is 9.22. The van der Waals surface area contributed by atoms with E-state index in [9.17, 15) is 18.0 Å². The van der Waals surface area contributed by atoms with Crippen molar-refractivity contribution in [2.75, 3.05) is 6.61 Å². The molecule has 0 amide bonds. The first-order valence-corrected chi connectivity index (χ1v) is 10.0. The van der Waals surface area contributed by atoms with Crippen LogP contribution < -0.4 is 4.74 Å². The Morgan fingerprint density at radius 3 is 2.57 bits per heavy atom. The van der Waals surface area contributed by atoms with E-state index in [1.165, 1.54) is 11.3 Å². The SMILES string of the molecule is CCOC(=O)CCc1ccc(OCc2ccc(-c3nccc(C(F)(F)F)n3)s2)cc1. The van der Waals surface area contributed by atoms with Crippen LogP contribution in [0.3, 0.4) is 0 Å². The van der Waals surface area contributed by atoms with Crippen molar-refractivity contribution in [1.29, 1.82) is 0 Å². The van der Waals surface area contributed by atoms with Gasteiger partial charge in [-0.05, 0) is 49.2 Å². The second-order valence-corrected chi connectivity index (χ2v) is 7.44. The number of esters is 1. The molecule has 9 heteroatoms. The van der Waals surface area contributed by atoms with Crippen LogP contribution in [-0.2, 0) is 28.7 Å². The summed E-state index contributed by atoms with van der Waals surface area (Å²) in [6.07, 6.45) is -2.50. The summed E-state index contributed by atoms with van der Waals surface area (Å²) in [5, 5.41) is 0. The van der Waals surface area contributed by atoms with Gasteiger partial charge in [0, 0.05) is 17.5 Å². The smallest absolute Gasteiger partial charge is 0.433 e. The van der Waals surface area contributed by atoms with E-state index in [4.69, 9.17) is 9.47 Å². The summed E-state index contributed by atoms with van der Waals surface area (Å²) in [7, 11) is 0. The van der Waals surface area contributed by atoms with Gasteiger partial charge in [-0.3, -0.25) is 4.79 Å². The van der Waals surface area contributed by atoms with Crippen LogP contribution in [0.15, 0.2) is 48.7 Å². The number of benzene rings is 1. The summed E-state index contributed by atoms with van der Waals surface area (Å²) < 4.78 is 49.1. The fourth-order valence-electron chi connectivity index (χ4n) is 2.60. The van der Waals surface area contributed by atoms with E-state index < -0.39 is 11.9 Å². The minimum Gasteiger partial charge on any atom is -0.488 e. The molecule has 3 aromatic rings. The molecule has 158 valence electrons. The minimum absolute atomic E-state index is 0.0343. The van der Waals surface area contributed by atoms with Crippen molar-refractivity contribution in [3.8, 4) is 16.5 Å². The van der Waals surface area contributed by atoms with E-state index in [1.54, 1.807) is 19.1 Å². The average Bonchev–Trinajstić information content (AvgIpc) is 3.20. The number of nitrogens with zero attached hydrogens (tertiary/aromatic N) is 2. The third-order valence-electron chi connectivity index (χ3n) is 4.06. The summed E-state index contributed by atoms with van der Waals surface area (Å²) in [5.74, 6) is 0.461. The van der Waals surface area contributed by atoms with E-state index in [-0.39, 0.29) is 18.4 Å². The summed E-state index contributed by atoms with van der Waals surface area (Å²) in [4.78, 5) is 20.3. The molecule has 0 unspecified atom stereocenters. The molecule has 0 aliphatic rings. The maximum Gasteiger partial charge on any atom is 0.433 e. The Morgan fingerprint density at radius 2 is 1.87 bits per heavy atom. The highest BCUT2D eigenvalue weighted by molar-refractivity contribution is 7.15. The van der Waals surface area contributed by atoms with Crippen LogP contribution in [-0.4, -0.2) is 22.5 Å². The van der Waals surface area contributed by atoms with Crippen molar-refractivity contribution in [1.82, 2.24) is 9.97 Å². The van der Waals surface area contributed by atoms with Crippen LogP contribution in [0.1, 0.15) is 29.5 Å². The first-order chi connectivity index (χ1) is 14.3. The first kappa shape index (κ1) is 21.8. The van der Waals surface area contributed by atoms with Gasteiger partial charge in [-0.1, -0.05) is 12.1 Å². The molecule has 0 aliphatic heterocycles. The zero-order valence-electron chi connectivity index (χ0n) is 16.1. The zero-order valence-corrected chi connectivity index (χ0v) is 16.9. The molecule has 0 saturated heterocycles. The maximum absolute atomic E-state index is 12.8. The Labute approximate surface area is 175 Å². The molecule has 2 aromatic heterocycles. The number of aromatic nitrogens is 2. The number of carbonyl (C=O) groups excluding carboxylic acids is 1.